The maximum absolute atomic E-state index is 14.2. The number of amides is 1. The highest BCUT2D eigenvalue weighted by atomic mass is 16.6. The number of hydrogen-bond acceptors (Lipinski definition) is 8. The summed E-state index contributed by atoms with van der Waals surface area (Å²) < 4.78 is 17.7. The third kappa shape index (κ3) is 8.07. The molecule has 2 aliphatic rings. The van der Waals surface area contributed by atoms with E-state index < -0.39 is 23.2 Å². The second-order valence-electron chi connectivity index (χ2n) is 11.8. The first kappa shape index (κ1) is 30.5. The molecule has 1 fully saturated rings. The minimum Gasteiger partial charge on any atom is -0.494 e. The summed E-state index contributed by atoms with van der Waals surface area (Å²) in [4.78, 5) is 32.0. The number of carbonyl (C=O) groups is 2. The molecule has 1 saturated carbocycles. The van der Waals surface area contributed by atoms with E-state index in [1.165, 1.54) is 0 Å². The summed E-state index contributed by atoms with van der Waals surface area (Å²) in [6.45, 7) is 5.88. The van der Waals surface area contributed by atoms with E-state index in [1.54, 1.807) is 12.1 Å². The predicted molar refractivity (Wildman–Crippen MR) is 155 cm³/mol. The summed E-state index contributed by atoms with van der Waals surface area (Å²) in [7, 11) is 0. The first-order chi connectivity index (χ1) is 19.6. The van der Waals surface area contributed by atoms with Gasteiger partial charge in [-0.2, -0.15) is 0 Å². The minimum absolute atomic E-state index is 0.0187. The van der Waals surface area contributed by atoms with Crippen LogP contribution in [0.3, 0.4) is 0 Å². The number of carbonyl (C=O) groups excluding carboxylic acids is 2. The van der Waals surface area contributed by atoms with Crippen molar-refractivity contribution in [2.24, 2.45) is 4.99 Å². The highest BCUT2D eigenvalue weighted by Crippen LogP contribution is 2.43. The molecule has 1 aliphatic carbocycles. The zero-order valence-electron chi connectivity index (χ0n) is 24.2. The van der Waals surface area contributed by atoms with Crippen LogP contribution in [0.4, 0.5) is 0 Å². The van der Waals surface area contributed by atoms with Crippen LogP contribution >= 0.6 is 0 Å². The van der Waals surface area contributed by atoms with Gasteiger partial charge in [0.25, 0.3) is 5.91 Å². The van der Waals surface area contributed by atoms with Gasteiger partial charge in [0.15, 0.2) is 11.6 Å². The van der Waals surface area contributed by atoms with Gasteiger partial charge in [0.2, 0.25) is 5.90 Å². The largest absolute Gasteiger partial charge is 0.494 e. The van der Waals surface area contributed by atoms with E-state index in [-0.39, 0.29) is 37.5 Å². The number of nitrogens with one attached hydrogen (secondary N) is 1. The standard InChI is InChI=1S/C32H42N2O7/c1-31(2,3)41-27(37)18-19-32(30(38)33-24-12-14-25(36)15-13-24)28(22-8-5-4-6-9-22)40-29(34-32)23-10-16-26(17-11-23)39-21-7-20-35/h4-6,8-11,16-17,24-25,28,35-36H,7,12-15,18-21H2,1-3H3,(H,33,38)/t24?,25?,28-,32-/m1/s1. The second kappa shape index (κ2) is 13.5. The van der Waals surface area contributed by atoms with Gasteiger partial charge in [-0.25, -0.2) is 4.99 Å². The molecule has 3 N–H and O–H groups in total. The molecule has 4 rings (SSSR count). The molecule has 2 atom stereocenters. The Hall–Kier alpha value is -3.43. The summed E-state index contributed by atoms with van der Waals surface area (Å²) in [5, 5.41) is 22.1. The topological polar surface area (TPSA) is 127 Å². The molecule has 0 bridgehead atoms. The van der Waals surface area contributed by atoms with Gasteiger partial charge in [0.1, 0.15) is 11.4 Å². The molecule has 1 heterocycles. The molecule has 0 saturated heterocycles. The van der Waals surface area contributed by atoms with Gasteiger partial charge in [0, 0.05) is 31.1 Å². The van der Waals surface area contributed by atoms with Gasteiger partial charge in [-0.05, 0) is 82.7 Å². The number of aliphatic hydroxyl groups is 2. The van der Waals surface area contributed by atoms with Crippen molar-refractivity contribution < 1.29 is 34.0 Å². The Balaban J connectivity index is 1.68. The van der Waals surface area contributed by atoms with E-state index in [1.807, 2.05) is 63.2 Å². The number of hydrogen-bond donors (Lipinski definition) is 3. The highest BCUT2D eigenvalue weighted by molar-refractivity contribution is 6.01. The molecule has 41 heavy (non-hydrogen) atoms. The summed E-state index contributed by atoms with van der Waals surface area (Å²) in [5.41, 5.74) is -0.627. The smallest absolute Gasteiger partial charge is 0.306 e. The third-order valence-corrected chi connectivity index (χ3v) is 7.29. The molecule has 2 aromatic rings. The lowest BCUT2D eigenvalue weighted by atomic mass is 9.82. The second-order valence-corrected chi connectivity index (χ2v) is 11.8. The zero-order chi connectivity index (χ0) is 29.5. The van der Waals surface area contributed by atoms with Crippen molar-refractivity contribution in [1.82, 2.24) is 5.32 Å². The van der Waals surface area contributed by atoms with Gasteiger partial charge in [-0.1, -0.05) is 30.3 Å². The summed E-state index contributed by atoms with van der Waals surface area (Å²) in [5.74, 6) is 0.230. The van der Waals surface area contributed by atoms with Crippen LogP contribution in [0.5, 0.6) is 5.75 Å². The fraction of sp³-hybridized carbons (Fsp3) is 0.531. The summed E-state index contributed by atoms with van der Waals surface area (Å²) in [6.07, 6.45) is 2.06. The van der Waals surface area contributed by atoms with Crippen LogP contribution in [0.15, 0.2) is 59.6 Å². The van der Waals surface area contributed by atoms with Crippen molar-refractivity contribution in [3.8, 4) is 5.75 Å². The number of aliphatic imine (C=N–C) groups is 1. The first-order valence-corrected chi connectivity index (χ1v) is 14.5. The lowest BCUT2D eigenvalue weighted by Gasteiger charge is -2.34. The monoisotopic (exact) mass is 566 g/mol. The number of rotatable bonds is 11. The Morgan fingerprint density at radius 2 is 1.73 bits per heavy atom. The molecule has 2 aromatic carbocycles. The molecular formula is C32H42N2O7. The SMILES string of the molecule is CC(C)(C)OC(=O)CC[C@@]1(C(=O)NC2CCC(O)CC2)N=C(c2ccc(OCCCO)cc2)O[C@@H]1c1ccccc1. The lowest BCUT2D eigenvalue weighted by Crippen LogP contribution is -2.52. The third-order valence-electron chi connectivity index (χ3n) is 7.29. The normalized spacial score (nSPS) is 24.2. The predicted octanol–water partition coefficient (Wildman–Crippen LogP) is 4.25. The van der Waals surface area contributed by atoms with Crippen molar-refractivity contribution in [3.05, 3.63) is 65.7 Å². The van der Waals surface area contributed by atoms with Crippen LogP contribution in [0.25, 0.3) is 0 Å². The Morgan fingerprint density at radius 1 is 1.05 bits per heavy atom. The van der Waals surface area contributed by atoms with Crippen LogP contribution in [0.1, 0.15) is 82.9 Å². The van der Waals surface area contributed by atoms with Crippen molar-refractivity contribution >= 4 is 17.8 Å². The molecule has 0 unspecified atom stereocenters. The molecular weight excluding hydrogens is 524 g/mol. The maximum atomic E-state index is 14.2. The fourth-order valence-electron chi connectivity index (χ4n) is 5.21. The molecule has 0 spiro atoms. The molecule has 9 nitrogen and oxygen atoms in total. The van der Waals surface area contributed by atoms with Gasteiger partial charge >= 0.3 is 5.97 Å². The van der Waals surface area contributed by atoms with Gasteiger partial charge in [-0.3, -0.25) is 9.59 Å². The van der Waals surface area contributed by atoms with Crippen LogP contribution in [0, 0.1) is 0 Å². The first-order valence-electron chi connectivity index (χ1n) is 14.5. The van der Waals surface area contributed by atoms with Crippen molar-refractivity contribution in [2.45, 2.75) is 95.1 Å². The minimum atomic E-state index is -1.42. The van der Waals surface area contributed by atoms with Gasteiger partial charge < -0.3 is 29.7 Å². The van der Waals surface area contributed by atoms with E-state index in [9.17, 15) is 14.7 Å². The Kier molecular flexibility index (Phi) is 10.0. The Bertz CT molecular complexity index is 1180. The highest BCUT2D eigenvalue weighted by Gasteiger charge is 2.53. The van der Waals surface area contributed by atoms with E-state index in [2.05, 4.69) is 5.32 Å². The van der Waals surface area contributed by atoms with E-state index in [0.29, 0.717) is 55.9 Å². The molecule has 222 valence electrons. The average Bonchev–Trinajstić information content (AvgIpc) is 3.34. The molecule has 0 aromatic heterocycles. The van der Waals surface area contributed by atoms with Crippen molar-refractivity contribution in [1.29, 1.82) is 0 Å². The molecule has 9 heteroatoms. The fourth-order valence-corrected chi connectivity index (χ4v) is 5.21. The van der Waals surface area contributed by atoms with Crippen LogP contribution in [-0.2, 0) is 19.1 Å². The molecule has 1 aliphatic heterocycles. The lowest BCUT2D eigenvalue weighted by molar-refractivity contribution is -0.155. The van der Waals surface area contributed by atoms with Crippen LogP contribution < -0.4 is 10.1 Å². The number of ether oxygens (including phenoxy) is 3. The van der Waals surface area contributed by atoms with Crippen LogP contribution in [0.2, 0.25) is 0 Å². The van der Waals surface area contributed by atoms with E-state index >= 15 is 0 Å². The summed E-state index contributed by atoms with van der Waals surface area (Å²) >= 11 is 0. The van der Waals surface area contributed by atoms with E-state index in [4.69, 9.17) is 24.3 Å². The Labute approximate surface area is 241 Å². The number of nitrogens with zero attached hydrogens (tertiary/aromatic N) is 1. The van der Waals surface area contributed by atoms with Crippen molar-refractivity contribution in [2.75, 3.05) is 13.2 Å². The number of aliphatic hydroxyl groups excluding tert-OH is 2. The van der Waals surface area contributed by atoms with Gasteiger partial charge in [0.05, 0.1) is 12.7 Å². The van der Waals surface area contributed by atoms with Crippen molar-refractivity contribution in [3.63, 3.8) is 0 Å². The van der Waals surface area contributed by atoms with Crippen LogP contribution in [-0.4, -0.2) is 64.5 Å². The molecule has 1 amide bonds. The quantitative estimate of drug-likeness (QED) is 0.274. The average molecular weight is 567 g/mol. The number of benzene rings is 2. The number of esters is 1. The van der Waals surface area contributed by atoms with E-state index in [0.717, 1.165) is 5.56 Å². The van der Waals surface area contributed by atoms with Gasteiger partial charge in [-0.15, -0.1) is 0 Å². The molecule has 0 radical (unpaired) electrons. The summed E-state index contributed by atoms with van der Waals surface area (Å²) in [6, 6.07) is 16.6. The Morgan fingerprint density at radius 3 is 2.37 bits per heavy atom. The zero-order valence-corrected chi connectivity index (χ0v) is 24.2. The maximum Gasteiger partial charge on any atom is 0.306 e.